The highest BCUT2D eigenvalue weighted by Gasteiger charge is 2.26. The number of carbonyl (C=O) groups excluding carboxylic acids is 1. The van der Waals surface area contributed by atoms with Crippen molar-refractivity contribution < 1.29 is 9.53 Å². The van der Waals surface area contributed by atoms with Gasteiger partial charge in [0.2, 0.25) is 5.91 Å². The number of carbonyl (C=O) groups is 1. The molecule has 2 fully saturated rings. The lowest BCUT2D eigenvalue weighted by molar-refractivity contribution is -0.119. The van der Waals surface area contributed by atoms with Crippen LogP contribution in [0.1, 0.15) is 64.8 Å². The highest BCUT2D eigenvalue weighted by atomic mass is 16.5. The number of nitrogens with zero attached hydrogens (tertiary/aromatic N) is 2. The lowest BCUT2D eigenvalue weighted by Gasteiger charge is -2.32. The van der Waals surface area contributed by atoms with E-state index in [0.717, 1.165) is 42.7 Å². The number of rotatable bonds is 8. The number of amides is 1. The van der Waals surface area contributed by atoms with Gasteiger partial charge in [0.25, 0.3) is 0 Å². The second-order valence-corrected chi connectivity index (χ2v) is 8.90. The molecular formula is C23H33N3O2. The van der Waals surface area contributed by atoms with Gasteiger partial charge in [0, 0.05) is 31.1 Å². The Labute approximate surface area is 167 Å². The van der Waals surface area contributed by atoms with Crippen LogP contribution in [0, 0.1) is 17.8 Å². The Bertz CT molecular complexity index is 803. The van der Waals surface area contributed by atoms with Crippen molar-refractivity contribution >= 4 is 16.8 Å². The standard InChI is InChI=1S/C23H33N3O2/c1-16(11-12-24-17(2)27)19-5-8-21(9-6-19)26-14-20-7-10-22(13-23(20)25-26)28-15-18-3-4-18/h7,10,13-14,16,18-19,21H,3-6,8-9,11-12,15H2,1-2H3,(H,24,27). The second kappa shape index (κ2) is 8.54. The summed E-state index contributed by atoms with van der Waals surface area (Å²) in [7, 11) is 0. The smallest absolute Gasteiger partial charge is 0.216 e. The fraction of sp³-hybridized carbons (Fsp3) is 0.652. The first-order chi connectivity index (χ1) is 13.6. The van der Waals surface area contributed by atoms with E-state index in [1.165, 1.54) is 43.9 Å². The van der Waals surface area contributed by atoms with Crippen molar-refractivity contribution in [2.24, 2.45) is 17.8 Å². The number of benzene rings is 1. The normalized spacial score (nSPS) is 23.5. The number of fused-ring (bicyclic) bond motifs is 1. The third kappa shape index (κ3) is 4.86. The molecule has 1 heterocycles. The van der Waals surface area contributed by atoms with E-state index >= 15 is 0 Å². The molecule has 1 amide bonds. The summed E-state index contributed by atoms with van der Waals surface area (Å²) in [6, 6.07) is 6.80. The lowest BCUT2D eigenvalue weighted by Crippen LogP contribution is -2.27. The van der Waals surface area contributed by atoms with Crippen LogP contribution >= 0.6 is 0 Å². The molecule has 28 heavy (non-hydrogen) atoms. The summed E-state index contributed by atoms with van der Waals surface area (Å²) < 4.78 is 8.09. The summed E-state index contributed by atoms with van der Waals surface area (Å²) in [5.41, 5.74) is 1.04. The first-order valence-electron chi connectivity index (χ1n) is 10.9. The van der Waals surface area contributed by atoms with Crippen LogP contribution < -0.4 is 10.1 Å². The van der Waals surface area contributed by atoms with Crippen LogP contribution in [0.2, 0.25) is 0 Å². The molecule has 1 N–H and O–H groups in total. The molecule has 152 valence electrons. The molecule has 0 saturated heterocycles. The van der Waals surface area contributed by atoms with Gasteiger partial charge in [0.05, 0.1) is 18.2 Å². The molecule has 1 unspecified atom stereocenters. The molecule has 1 aromatic carbocycles. The molecule has 2 aliphatic carbocycles. The molecule has 2 aromatic rings. The van der Waals surface area contributed by atoms with Gasteiger partial charge in [-0.2, -0.15) is 5.10 Å². The Morgan fingerprint density at radius 3 is 2.75 bits per heavy atom. The molecule has 1 aromatic heterocycles. The summed E-state index contributed by atoms with van der Waals surface area (Å²) in [4.78, 5) is 11.0. The van der Waals surface area contributed by atoms with Crippen molar-refractivity contribution in [1.29, 1.82) is 0 Å². The molecule has 0 spiro atoms. The van der Waals surface area contributed by atoms with Gasteiger partial charge in [-0.05, 0) is 74.8 Å². The van der Waals surface area contributed by atoms with Crippen molar-refractivity contribution in [3.8, 4) is 5.75 Å². The molecule has 2 aliphatic rings. The van der Waals surface area contributed by atoms with Gasteiger partial charge < -0.3 is 10.1 Å². The van der Waals surface area contributed by atoms with Crippen molar-refractivity contribution in [2.75, 3.05) is 13.2 Å². The summed E-state index contributed by atoms with van der Waals surface area (Å²) in [6.07, 6.45) is 10.8. The van der Waals surface area contributed by atoms with Gasteiger partial charge in [-0.15, -0.1) is 0 Å². The van der Waals surface area contributed by atoms with E-state index in [-0.39, 0.29) is 5.91 Å². The maximum atomic E-state index is 11.0. The van der Waals surface area contributed by atoms with E-state index < -0.39 is 0 Å². The van der Waals surface area contributed by atoms with Gasteiger partial charge in [0.1, 0.15) is 5.75 Å². The van der Waals surface area contributed by atoms with E-state index in [0.29, 0.717) is 12.0 Å². The SMILES string of the molecule is CC(=O)NCCC(C)C1CCC(n2cc3ccc(OCC4CC4)cc3n2)CC1. The Hall–Kier alpha value is -2.04. The molecule has 4 rings (SSSR count). The summed E-state index contributed by atoms with van der Waals surface area (Å²) in [5.74, 6) is 3.21. The Morgan fingerprint density at radius 2 is 2.04 bits per heavy atom. The van der Waals surface area contributed by atoms with E-state index in [4.69, 9.17) is 9.84 Å². The maximum absolute atomic E-state index is 11.0. The lowest BCUT2D eigenvalue weighted by atomic mass is 9.78. The van der Waals surface area contributed by atoms with E-state index in [1.54, 1.807) is 6.92 Å². The predicted octanol–water partition coefficient (Wildman–Crippen LogP) is 4.72. The third-order valence-electron chi connectivity index (χ3n) is 6.57. The third-order valence-corrected chi connectivity index (χ3v) is 6.57. The molecule has 1 atom stereocenters. The molecule has 2 saturated carbocycles. The summed E-state index contributed by atoms with van der Waals surface area (Å²) in [6.45, 7) is 5.56. The molecular weight excluding hydrogens is 350 g/mol. The Morgan fingerprint density at radius 1 is 1.25 bits per heavy atom. The van der Waals surface area contributed by atoms with Crippen LogP contribution in [-0.2, 0) is 4.79 Å². The van der Waals surface area contributed by atoms with Crippen LogP contribution in [0.4, 0.5) is 0 Å². The van der Waals surface area contributed by atoms with Crippen LogP contribution in [-0.4, -0.2) is 28.8 Å². The maximum Gasteiger partial charge on any atom is 0.216 e. The van der Waals surface area contributed by atoms with Gasteiger partial charge in [0.15, 0.2) is 0 Å². The Kier molecular flexibility index (Phi) is 5.88. The summed E-state index contributed by atoms with van der Waals surface area (Å²) in [5, 5.41) is 8.99. The van der Waals surface area contributed by atoms with Crippen molar-refractivity contribution in [2.45, 2.75) is 64.8 Å². The van der Waals surface area contributed by atoms with Crippen LogP contribution in [0.5, 0.6) is 5.75 Å². The second-order valence-electron chi connectivity index (χ2n) is 8.90. The average molecular weight is 384 g/mol. The van der Waals surface area contributed by atoms with Crippen molar-refractivity contribution in [3.63, 3.8) is 0 Å². The quantitative estimate of drug-likeness (QED) is 0.718. The minimum absolute atomic E-state index is 0.0720. The highest BCUT2D eigenvalue weighted by molar-refractivity contribution is 5.79. The minimum atomic E-state index is 0.0720. The zero-order chi connectivity index (χ0) is 19.5. The molecule has 5 nitrogen and oxygen atoms in total. The number of hydrogen-bond acceptors (Lipinski definition) is 3. The van der Waals surface area contributed by atoms with Gasteiger partial charge in [-0.25, -0.2) is 0 Å². The van der Waals surface area contributed by atoms with Crippen LogP contribution in [0.15, 0.2) is 24.4 Å². The molecule has 0 bridgehead atoms. The Balaban J connectivity index is 1.31. The molecule has 5 heteroatoms. The largest absolute Gasteiger partial charge is 0.493 e. The number of hydrogen-bond donors (Lipinski definition) is 1. The van der Waals surface area contributed by atoms with E-state index in [2.05, 4.69) is 41.3 Å². The van der Waals surface area contributed by atoms with Crippen LogP contribution in [0.3, 0.4) is 0 Å². The number of aromatic nitrogens is 2. The fourth-order valence-corrected chi connectivity index (χ4v) is 4.44. The van der Waals surface area contributed by atoms with E-state index in [1.807, 2.05) is 0 Å². The fourth-order valence-electron chi connectivity index (χ4n) is 4.44. The number of ether oxygens (including phenoxy) is 1. The first-order valence-corrected chi connectivity index (χ1v) is 10.9. The monoisotopic (exact) mass is 383 g/mol. The zero-order valence-electron chi connectivity index (χ0n) is 17.2. The van der Waals surface area contributed by atoms with Crippen molar-refractivity contribution in [1.82, 2.24) is 15.1 Å². The minimum Gasteiger partial charge on any atom is -0.493 e. The van der Waals surface area contributed by atoms with Crippen LogP contribution in [0.25, 0.3) is 10.9 Å². The molecule has 0 aliphatic heterocycles. The van der Waals surface area contributed by atoms with Gasteiger partial charge >= 0.3 is 0 Å². The average Bonchev–Trinajstić information content (AvgIpc) is 3.43. The first kappa shape index (κ1) is 19.3. The number of nitrogens with one attached hydrogen (secondary N) is 1. The topological polar surface area (TPSA) is 56.2 Å². The predicted molar refractivity (Wildman–Crippen MR) is 111 cm³/mol. The zero-order valence-corrected chi connectivity index (χ0v) is 17.2. The van der Waals surface area contributed by atoms with Crippen molar-refractivity contribution in [3.05, 3.63) is 24.4 Å². The van der Waals surface area contributed by atoms with E-state index in [9.17, 15) is 4.79 Å². The molecule has 0 radical (unpaired) electrons. The van der Waals surface area contributed by atoms with Gasteiger partial charge in [-0.3, -0.25) is 9.48 Å². The highest BCUT2D eigenvalue weighted by Crippen LogP contribution is 2.37. The van der Waals surface area contributed by atoms with Gasteiger partial charge in [-0.1, -0.05) is 6.92 Å². The summed E-state index contributed by atoms with van der Waals surface area (Å²) >= 11 is 0.